The zero-order chi connectivity index (χ0) is 14.7. The van der Waals surface area contributed by atoms with Gasteiger partial charge in [0, 0.05) is 11.3 Å². The number of nitrogens with one attached hydrogen (secondary N) is 1. The molecule has 0 fully saturated rings. The smallest absolute Gasteiger partial charge is 0.255 e. The Bertz CT molecular complexity index is 635. The van der Waals surface area contributed by atoms with Gasteiger partial charge in [0.25, 0.3) is 5.91 Å². The average molecular weight is 288 g/mol. The highest BCUT2D eigenvalue weighted by molar-refractivity contribution is 6.21. The minimum Gasteiger partial charge on any atom is -0.322 e. The molecule has 0 aliphatic rings. The second kappa shape index (κ2) is 6.10. The normalized spacial score (nSPS) is 12.0. The van der Waals surface area contributed by atoms with Gasteiger partial charge in [0.05, 0.1) is 5.38 Å². The molecule has 2 aromatic rings. The van der Waals surface area contributed by atoms with E-state index >= 15 is 0 Å². The summed E-state index contributed by atoms with van der Waals surface area (Å²) in [7, 11) is 0. The number of aryl methyl sites for hydroxylation is 2. The molecule has 1 amide bonds. The lowest BCUT2D eigenvalue weighted by Gasteiger charge is -2.13. The summed E-state index contributed by atoms with van der Waals surface area (Å²) >= 11 is 6.14. The number of rotatable bonds is 3. The van der Waals surface area contributed by atoms with Crippen molar-refractivity contribution in [2.75, 3.05) is 5.32 Å². The van der Waals surface area contributed by atoms with Crippen molar-refractivity contribution in [3.63, 3.8) is 0 Å². The van der Waals surface area contributed by atoms with Crippen LogP contribution in [0, 0.1) is 13.8 Å². The van der Waals surface area contributed by atoms with Gasteiger partial charge in [0.1, 0.15) is 0 Å². The molecule has 0 aliphatic carbocycles. The summed E-state index contributed by atoms with van der Waals surface area (Å²) < 4.78 is 0. The Morgan fingerprint density at radius 3 is 2.50 bits per heavy atom. The second-order valence-electron chi connectivity index (χ2n) is 4.98. The van der Waals surface area contributed by atoms with Crippen LogP contribution in [0.15, 0.2) is 42.5 Å². The minimum absolute atomic E-state index is 0.104. The van der Waals surface area contributed by atoms with Crippen LogP contribution in [0.2, 0.25) is 0 Å². The maximum atomic E-state index is 12.4. The summed E-state index contributed by atoms with van der Waals surface area (Å²) in [5.74, 6) is -0.104. The number of para-hydroxylation sites is 1. The first kappa shape index (κ1) is 14.6. The van der Waals surface area contributed by atoms with E-state index in [0.29, 0.717) is 5.56 Å². The third-order valence-corrected chi connectivity index (χ3v) is 3.50. The number of benzene rings is 2. The predicted octanol–water partition coefficient (Wildman–Crippen LogP) is 4.86. The molecule has 0 spiro atoms. The van der Waals surface area contributed by atoms with Gasteiger partial charge in [-0.3, -0.25) is 4.79 Å². The number of carbonyl (C=O) groups excluding carboxylic acids is 1. The first-order chi connectivity index (χ1) is 9.49. The Morgan fingerprint density at radius 2 is 1.85 bits per heavy atom. The Hall–Kier alpha value is -1.80. The van der Waals surface area contributed by atoms with E-state index < -0.39 is 0 Å². The summed E-state index contributed by atoms with van der Waals surface area (Å²) in [4.78, 5) is 12.4. The Morgan fingerprint density at radius 1 is 1.15 bits per heavy atom. The topological polar surface area (TPSA) is 29.1 Å². The molecule has 20 heavy (non-hydrogen) atoms. The highest BCUT2D eigenvalue weighted by atomic mass is 35.5. The van der Waals surface area contributed by atoms with E-state index in [1.54, 1.807) is 0 Å². The molecule has 1 N–H and O–H groups in total. The second-order valence-corrected chi connectivity index (χ2v) is 5.63. The van der Waals surface area contributed by atoms with Crippen LogP contribution in [-0.2, 0) is 0 Å². The number of halogens is 1. The van der Waals surface area contributed by atoms with E-state index in [2.05, 4.69) is 5.32 Å². The number of hydrogen-bond donors (Lipinski definition) is 1. The van der Waals surface area contributed by atoms with E-state index in [1.165, 1.54) is 0 Å². The van der Waals surface area contributed by atoms with Crippen molar-refractivity contribution < 1.29 is 4.79 Å². The highest BCUT2D eigenvalue weighted by Gasteiger charge is 2.13. The lowest BCUT2D eigenvalue weighted by molar-refractivity contribution is 0.102. The Kier molecular flexibility index (Phi) is 4.46. The fourth-order valence-electron chi connectivity index (χ4n) is 2.22. The van der Waals surface area contributed by atoms with Crippen molar-refractivity contribution in [2.24, 2.45) is 0 Å². The SMILES string of the molecule is Cc1ccc(C(=O)Nc2ccccc2C(C)Cl)c(C)c1. The molecule has 104 valence electrons. The zero-order valence-corrected chi connectivity index (χ0v) is 12.7. The molecule has 0 heterocycles. The molecule has 0 saturated heterocycles. The molecule has 0 aromatic heterocycles. The largest absolute Gasteiger partial charge is 0.322 e. The van der Waals surface area contributed by atoms with Gasteiger partial charge in [-0.2, -0.15) is 0 Å². The summed E-state index contributed by atoms with van der Waals surface area (Å²) in [6, 6.07) is 13.4. The molecular formula is C17H18ClNO. The zero-order valence-electron chi connectivity index (χ0n) is 11.9. The van der Waals surface area contributed by atoms with Crippen LogP contribution in [0.5, 0.6) is 0 Å². The van der Waals surface area contributed by atoms with Crippen LogP contribution in [0.25, 0.3) is 0 Å². The van der Waals surface area contributed by atoms with Gasteiger partial charge in [-0.05, 0) is 44.0 Å². The standard InChI is InChI=1S/C17H18ClNO/c1-11-8-9-14(12(2)10-11)17(20)19-16-7-5-4-6-15(16)13(3)18/h4-10,13H,1-3H3,(H,19,20). The highest BCUT2D eigenvalue weighted by Crippen LogP contribution is 2.27. The van der Waals surface area contributed by atoms with E-state index in [-0.39, 0.29) is 11.3 Å². The summed E-state index contributed by atoms with van der Waals surface area (Å²) in [5.41, 5.74) is 4.49. The van der Waals surface area contributed by atoms with Crippen LogP contribution in [0.3, 0.4) is 0 Å². The van der Waals surface area contributed by atoms with Crippen molar-refractivity contribution in [2.45, 2.75) is 26.1 Å². The predicted molar refractivity (Wildman–Crippen MR) is 84.6 cm³/mol. The fraction of sp³-hybridized carbons (Fsp3) is 0.235. The molecule has 0 bridgehead atoms. The Balaban J connectivity index is 2.28. The summed E-state index contributed by atoms with van der Waals surface area (Å²) in [6.07, 6.45) is 0. The quantitative estimate of drug-likeness (QED) is 0.803. The molecular weight excluding hydrogens is 270 g/mol. The van der Waals surface area contributed by atoms with Gasteiger partial charge in [-0.25, -0.2) is 0 Å². The van der Waals surface area contributed by atoms with Crippen LogP contribution >= 0.6 is 11.6 Å². The number of carbonyl (C=O) groups is 1. The van der Waals surface area contributed by atoms with Crippen molar-refractivity contribution in [1.29, 1.82) is 0 Å². The molecule has 0 radical (unpaired) electrons. The lowest BCUT2D eigenvalue weighted by Crippen LogP contribution is -2.14. The Labute approximate surface area is 124 Å². The van der Waals surface area contributed by atoms with Crippen LogP contribution in [0.4, 0.5) is 5.69 Å². The maximum Gasteiger partial charge on any atom is 0.255 e. The molecule has 2 aromatic carbocycles. The van der Waals surface area contributed by atoms with E-state index in [1.807, 2.05) is 63.2 Å². The maximum absolute atomic E-state index is 12.4. The van der Waals surface area contributed by atoms with Crippen molar-refractivity contribution >= 4 is 23.2 Å². The third-order valence-electron chi connectivity index (χ3n) is 3.26. The first-order valence-corrected chi connectivity index (χ1v) is 7.04. The molecule has 0 aliphatic heterocycles. The monoisotopic (exact) mass is 287 g/mol. The number of anilines is 1. The molecule has 2 rings (SSSR count). The van der Waals surface area contributed by atoms with Crippen LogP contribution in [-0.4, -0.2) is 5.91 Å². The molecule has 3 heteroatoms. The molecule has 1 unspecified atom stereocenters. The minimum atomic E-state index is -0.148. The van der Waals surface area contributed by atoms with E-state index in [4.69, 9.17) is 11.6 Å². The lowest BCUT2D eigenvalue weighted by atomic mass is 10.0. The van der Waals surface area contributed by atoms with Gasteiger partial charge in [-0.1, -0.05) is 35.9 Å². The molecule has 2 nitrogen and oxygen atoms in total. The first-order valence-electron chi connectivity index (χ1n) is 6.60. The fourth-order valence-corrected chi connectivity index (χ4v) is 2.41. The van der Waals surface area contributed by atoms with E-state index in [9.17, 15) is 4.79 Å². The van der Waals surface area contributed by atoms with Gasteiger partial charge in [0.2, 0.25) is 0 Å². The molecule has 1 atom stereocenters. The number of alkyl halides is 1. The molecule has 0 saturated carbocycles. The third kappa shape index (κ3) is 3.20. The van der Waals surface area contributed by atoms with Gasteiger partial charge in [-0.15, -0.1) is 11.6 Å². The van der Waals surface area contributed by atoms with Gasteiger partial charge >= 0.3 is 0 Å². The van der Waals surface area contributed by atoms with E-state index in [0.717, 1.165) is 22.4 Å². The van der Waals surface area contributed by atoms with Crippen molar-refractivity contribution in [1.82, 2.24) is 0 Å². The van der Waals surface area contributed by atoms with Crippen molar-refractivity contribution in [3.05, 3.63) is 64.7 Å². The van der Waals surface area contributed by atoms with Gasteiger partial charge in [0.15, 0.2) is 0 Å². The summed E-state index contributed by atoms with van der Waals surface area (Å²) in [6.45, 7) is 5.85. The van der Waals surface area contributed by atoms with Crippen molar-refractivity contribution in [3.8, 4) is 0 Å². The number of amides is 1. The average Bonchev–Trinajstić information content (AvgIpc) is 2.38. The summed E-state index contributed by atoms with van der Waals surface area (Å²) in [5, 5.41) is 2.80. The van der Waals surface area contributed by atoms with Crippen LogP contribution < -0.4 is 5.32 Å². The number of hydrogen-bond acceptors (Lipinski definition) is 1. The van der Waals surface area contributed by atoms with Crippen LogP contribution in [0.1, 0.15) is 39.3 Å². The van der Waals surface area contributed by atoms with Gasteiger partial charge < -0.3 is 5.32 Å².